The van der Waals surface area contributed by atoms with E-state index in [1.807, 2.05) is 20.0 Å². The van der Waals surface area contributed by atoms with Crippen molar-refractivity contribution in [3.63, 3.8) is 0 Å². The van der Waals surface area contributed by atoms with Gasteiger partial charge in [0.05, 0.1) is 0 Å². The SMILES string of the molecule is CC.CCCCCN/C(=C\NN)CC. The first kappa shape index (κ1) is 15.8. The Morgan fingerprint density at radius 1 is 1.21 bits per heavy atom. The second kappa shape index (κ2) is 14.8. The molecule has 3 heteroatoms. The van der Waals surface area contributed by atoms with Crippen LogP contribution in [-0.4, -0.2) is 6.54 Å². The zero-order valence-corrected chi connectivity index (χ0v) is 10.2. The van der Waals surface area contributed by atoms with Gasteiger partial charge in [-0.25, -0.2) is 0 Å². The fraction of sp³-hybridized carbons (Fsp3) is 0.818. The molecule has 0 aliphatic rings. The second-order valence-corrected chi connectivity index (χ2v) is 2.82. The summed E-state index contributed by atoms with van der Waals surface area (Å²) in [5.41, 5.74) is 3.71. The van der Waals surface area contributed by atoms with Gasteiger partial charge >= 0.3 is 0 Å². The fourth-order valence-corrected chi connectivity index (χ4v) is 1.00. The molecule has 0 radical (unpaired) electrons. The van der Waals surface area contributed by atoms with Crippen LogP contribution in [0, 0.1) is 0 Å². The van der Waals surface area contributed by atoms with Gasteiger partial charge in [-0.1, -0.05) is 40.5 Å². The van der Waals surface area contributed by atoms with E-state index in [4.69, 9.17) is 5.84 Å². The molecule has 0 aromatic heterocycles. The van der Waals surface area contributed by atoms with E-state index in [2.05, 4.69) is 24.6 Å². The Morgan fingerprint density at radius 3 is 2.29 bits per heavy atom. The van der Waals surface area contributed by atoms with Crippen LogP contribution in [0.2, 0.25) is 0 Å². The van der Waals surface area contributed by atoms with E-state index in [-0.39, 0.29) is 0 Å². The highest BCUT2D eigenvalue weighted by Gasteiger charge is 1.91. The number of nitrogens with one attached hydrogen (secondary N) is 2. The highest BCUT2D eigenvalue weighted by atomic mass is 15.2. The fourth-order valence-electron chi connectivity index (χ4n) is 1.00. The average molecular weight is 201 g/mol. The van der Waals surface area contributed by atoms with Crippen molar-refractivity contribution in [2.45, 2.75) is 53.4 Å². The largest absolute Gasteiger partial charge is 0.387 e. The van der Waals surface area contributed by atoms with Crippen LogP contribution >= 0.6 is 0 Å². The summed E-state index contributed by atoms with van der Waals surface area (Å²) < 4.78 is 0. The molecule has 0 aromatic rings. The molecule has 14 heavy (non-hydrogen) atoms. The number of nitrogens with two attached hydrogens (primary N) is 1. The minimum Gasteiger partial charge on any atom is -0.387 e. The molecule has 0 aromatic carbocycles. The molecule has 86 valence electrons. The minimum absolute atomic E-state index is 0.996. The van der Waals surface area contributed by atoms with Crippen LogP contribution in [0.1, 0.15) is 53.4 Å². The summed E-state index contributed by atoms with van der Waals surface area (Å²) in [6, 6.07) is 0. The quantitative estimate of drug-likeness (QED) is 0.337. The Hall–Kier alpha value is -0.700. The van der Waals surface area contributed by atoms with E-state index < -0.39 is 0 Å². The van der Waals surface area contributed by atoms with Crippen molar-refractivity contribution in [1.29, 1.82) is 0 Å². The predicted molar refractivity (Wildman–Crippen MR) is 64.6 cm³/mol. The third-order valence-corrected chi connectivity index (χ3v) is 1.77. The molecule has 0 bridgehead atoms. The van der Waals surface area contributed by atoms with Crippen LogP contribution in [0.5, 0.6) is 0 Å². The molecule has 4 N–H and O–H groups in total. The van der Waals surface area contributed by atoms with Crippen molar-refractivity contribution in [1.82, 2.24) is 10.7 Å². The lowest BCUT2D eigenvalue weighted by Gasteiger charge is -2.07. The molecular weight excluding hydrogens is 174 g/mol. The lowest BCUT2D eigenvalue weighted by Crippen LogP contribution is -2.21. The van der Waals surface area contributed by atoms with Crippen molar-refractivity contribution in [3.05, 3.63) is 11.9 Å². The van der Waals surface area contributed by atoms with Crippen LogP contribution in [0.25, 0.3) is 0 Å². The lowest BCUT2D eigenvalue weighted by atomic mass is 10.2. The van der Waals surface area contributed by atoms with Gasteiger partial charge in [-0.3, -0.25) is 5.84 Å². The monoisotopic (exact) mass is 201 g/mol. The van der Waals surface area contributed by atoms with Gasteiger partial charge in [0, 0.05) is 18.4 Å². The van der Waals surface area contributed by atoms with Gasteiger partial charge in [-0.15, -0.1) is 0 Å². The van der Waals surface area contributed by atoms with Crippen LogP contribution in [0.15, 0.2) is 11.9 Å². The van der Waals surface area contributed by atoms with E-state index in [0.717, 1.165) is 13.0 Å². The van der Waals surface area contributed by atoms with Crippen molar-refractivity contribution >= 4 is 0 Å². The third kappa shape index (κ3) is 11.3. The van der Waals surface area contributed by atoms with E-state index in [1.165, 1.54) is 25.0 Å². The average Bonchev–Trinajstić information content (AvgIpc) is 2.25. The molecule has 0 amide bonds. The number of rotatable bonds is 7. The first-order chi connectivity index (χ1) is 6.85. The standard InChI is InChI=1S/C9H21N3.C2H6/c1-3-5-6-7-11-9(4-2)8-12-10;1-2/h8,11-12H,3-7,10H2,1-2H3;1-2H3/b9-8-;. The lowest BCUT2D eigenvalue weighted by molar-refractivity contribution is 0.652. The molecule has 0 saturated carbocycles. The summed E-state index contributed by atoms with van der Waals surface area (Å²) in [5, 5.41) is 3.32. The molecule has 0 rings (SSSR count). The maximum atomic E-state index is 5.17. The summed E-state index contributed by atoms with van der Waals surface area (Å²) in [7, 11) is 0. The Morgan fingerprint density at radius 2 is 1.86 bits per heavy atom. The van der Waals surface area contributed by atoms with Gasteiger partial charge < -0.3 is 10.7 Å². The Bertz CT molecular complexity index is 122. The topological polar surface area (TPSA) is 50.1 Å². The molecule has 0 unspecified atom stereocenters. The van der Waals surface area contributed by atoms with Crippen molar-refractivity contribution < 1.29 is 0 Å². The van der Waals surface area contributed by atoms with Gasteiger partial charge in [-0.2, -0.15) is 0 Å². The van der Waals surface area contributed by atoms with E-state index in [1.54, 1.807) is 0 Å². The van der Waals surface area contributed by atoms with Crippen molar-refractivity contribution in [2.75, 3.05) is 6.54 Å². The summed E-state index contributed by atoms with van der Waals surface area (Å²) >= 11 is 0. The predicted octanol–water partition coefficient (Wildman–Crippen LogP) is 2.51. The molecule has 0 aliphatic heterocycles. The smallest absolute Gasteiger partial charge is 0.0312 e. The molecule has 0 heterocycles. The number of allylic oxidation sites excluding steroid dienone is 1. The molecule has 0 spiro atoms. The highest BCUT2D eigenvalue weighted by molar-refractivity contribution is 4.95. The summed E-state index contributed by atoms with van der Waals surface area (Å²) in [6.07, 6.45) is 6.60. The number of hydrogen-bond acceptors (Lipinski definition) is 3. The molecule has 0 atom stereocenters. The van der Waals surface area contributed by atoms with Crippen molar-refractivity contribution in [3.8, 4) is 0 Å². The van der Waals surface area contributed by atoms with Gasteiger partial charge in [0.15, 0.2) is 0 Å². The Balaban J connectivity index is 0. The van der Waals surface area contributed by atoms with E-state index >= 15 is 0 Å². The summed E-state index contributed by atoms with van der Waals surface area (Å²) in [6.45, 7) is 9.36. The summed E-state index contributed by atoms with van der Waals surface area (Å²) in [4.78, 5) is 0. The first-order valence-corrected chi connectivity index (χ1v) is 5.74. The van der Waals surface area contributed by atoms with Gasteiger partial charge in [0.1, 0.15) is 0 Å². The van der Waals surface area contributed by atoms with Gasteiger partial charge in [0.2, 0.25) is 0 Å². The number of hydrazine groups is 1. The Kier molecular flexibility index (Phi) is 16.7. The van der Waals surface area contributed by atoms with Gasteiger partial charge in [-0.05, 0) is 12.8 Å². The first-order valence-electron chi connectivity index (χ1n) is 5.74. The number of hydrogen-bond donors (Lipinski definition) is 3. The van der Waals surface area contributed by atoms with E-state index in [0.29, 0.717) is 0 Å². The number of unbranched alkanes of at least 4 members (excludes halogenated alkanes) is 2. The van der Waals surface area contributed by atoms with E-state index in [9.17, 15) is 0 Å². The molecular formula is C11H27N3. The van der Waals surface area contributed by atoms with Crippen LogP contribution in [0.4, 0.5) is 0 Å². The zero-order valence-electron chi connectivity index (χ0n) is 10.2. The Labute approximate surface area is 89.1 Å². The van der Waals surface area contributed by atoms with Crippen LogP contribution in [-0.2, 0) is 0 Å². The normalized spacial score (nSPS) is 10.2. The highest BCUT2D eigenvalue weighted by Crippen LogP contribution is 1.96. The second-order valence-electron chi connectivity index (χ2n) is 2.82. The third-order valence-electron chi connectivity index (χ3n) is 1.77. The molecule has 0 fully saturated rings. The van der Waals surface area contributed by atoms with Crippen LogP contribution in [0.3, 0.4) is 0 Å². The zero-order chi connectivity index (χ0) is 11.2. The molecule has 0 saturated heterocycles. The molecule has 0 aliphatic carbocycles. The maximum Gasteiger partial charge on any atom is 0.0312 e. The van der Waals surface area contributed by atoms with Crippen LogP contribution < -0.4 is 16.6 Å². The van der Waals surface area contributed by atoms with Gasteiger partial charge in [0.25, 0.3) is 0 Å². The summed E-state index contributed by atoms with van der Waals surface area (Å²) in [5.74, 6) is 5.17. The maximum absolute atomic E-state index is 5.17. The minimum atomic E-state index is 0.996. The molecule has 3 nitrogen and oxygen atoms in total. The van der Waals surface area contributed by atoms with Crippen molar-refractivity contribution in [2.24, 2.45) is 5.84 Å².